The lowest BCUT2D eigenvalue weighted by molar-refractivity contribution is 0.197. The molecular weight excluding hydrogens is 438 g/mol. The number of hydrogen-bond donors (Lipinski definition) is 1. The van der Waals surface area contributed by atoms with E-state index in [1.54, 1.807) is 25.6 Å². The van der Waals surface area contributed by atoms with Crippen LogP contribution in [0.4, 0.5) is 10.5 Å². The third kappa shape index (κ3) is 5.44. The Bertz CT molecular complexity index is 1200. The quantitative estimate of drug-likeness (QED) is 0.590. The Morgan fingerprint density at radius 2 is 1.77 bits per heavy atom. The first-order chi connectivity index (χ1) is 17.2. The van der Waals surface area contributed by atoms with Crippen molar-refractivity contribution in [3.8, 4) is 17.6 Å². The Labute approximate surface area is 206 Å². The number of amides is 2. The Hall–Kier alpha value is -3.89. The molecule has 0 bridgehead atoms. The second-order valence-corrected chi connectivity index (χ2v) is 8.90. The molecule has 1 aromatic heterocycles. The summed E-state index contributed by atoms with van der Waals surface area (Å²) in [5, 5.41) is 3.05. The number of nitrogens with one attached hydrogen (secondary N) is 1. The minimum Gasteiger partial charge on any atom is -0.497 e. The van der Waals surface area contributed by atoms with Gasteiger partial charge in [-0.25, -0.2) is 14.8 Å². The van der Waals surface area contributed by atoms with Crippen molar-refractivity contribution < 1.29 is 9.53 Å². The summed E-state index contributed by atoms with van der Waals surface area (Å²) in [7, 11) is 1.63. The molecule has 1 N–H and O–H groups in total. The van der Waals surface area contributed by atoms with E-state index in [4.69, 9.17) is 4.74 Å². The van der Waals surface area contributed by atoms with Crippen LogP contribution in [0.1, 0.15) is 35.7 Å². The molecule has 3 heterocycles. The second-order valence-electron chi connectivity index (χ2n) is 8.90. The number of nitrogens with zero attached hydrogens (tertiary/aromatic N) is 4. The normalized spacial score (nSPS) is 19.7. The molecule has 0 saturated carbocycles. The maximum absolute atomic E-state index is 13.1. The first-order valence-corrected chi connectivity index (χ1v) is 12.0. The smallest absolute Gasteiger partial charge is 0.321 e. The molecular formula is C28H29N5O2. The average molecular weight is 468 g/mol. The van der Waals surface area contributed by atoms with Crippen LogP contribution in [0.15, 0.2) is 67.0 Å². The molecule has 0 radical (unpaired) electrons. The minimum absolute atomic E-state index is 0.0450. The average Bonchev–Trinajstić information content (AvgIpc) is 3.18. The Morgan fingerprint density at radius 1 is 1.00 bits per heavy atom. The molecule has 2 aromatic carbocycles. The molecule has 0 aliphatic carbocycles. The van der Waals surface area contributed by atoms with Crippen LogP contribution in [0, 0.1) is 11.8 Å². The number of benzene rings is 2. The zero-order valence-corrected chi connectivity index (χ0v) is 19.9. The number of carbonyl (C=O) groups excluding carboxylic acids is 1. The molecule has 2 aliphatic heterocycles. The van der Waals surface area contributed by atoms with Gasteiger partial charge in [0.1, 0.15) is 5.75 Å². The molecule has 178 valence electrons. The summed E-state index contributed by atoms with van der Waals surface area (Å²) in [5.41, 5.74) is 3.02. The number of urea groups is 1. The lowest BCUT2D eigenvalue weighted by Gasteiger charge is -2.30. The lowest BCUT2D eigenvalue weighted by atomic mass is 9.91. The molecule has 2 fully saturated rings. The highest BCUT2D eigenvalue weighted by atomic mass is 16.5. The van der Waals surface area contributed by atoms with Gasteiger partial charge in [0.15, 0.2) is 0 Å². The summed E-state index contributed by atoms with van der Waals surface area (Å²) < 4.78 is 5.21. The molecule has 5 rings (SSSR count). The minimum atomic E-state index is -0.0450. The maximum atomic E-state index is 13.1. The SMILES string of the molecule is COc1ccc(NC(=O)N2CCCN3CC[C@H](c4ccc(C#Cc5ncccn5)cc4)[C@@H]3C2)cc1. The highest BCUT2D eigenvalue weighted by Gasteiger charge is 2.38. The number of rotatable bonds is 3. The van der Waals surface area contributed by atoms with Crippen molar-refractivity contribution >= 4 is 11.7 Å². The standard InChI is InChI=1S/C28H29N5O2/c1-35-24-11-9-23(10-12-24)31-28(34)33-18-3-17-32-19-14-25(26(32)20-33)22-7-4-21(5-8-22)6-13-27-29-15-2-16-30-27/h2,4-5,7-12,15-16,25-26H,3,14,17-20H2,1H3,(H,31,34)/t25-,26+/m1/s1. The number of aromatic nitrogens is 2. The number of carbonyl (C=O) groups is 1. The summed E-state index contributed by atoms with van der Waals surface area (Å²) in [5.74, 6) is 7.84. The summed E-state index contributed by atoms with van der Waals surface area (Å²) >= 11 is 0. The van der Waals surface area contributed by atoms with Crippen LogP contribution >= 0.6 is 0 Å². The van der Waals surface area contributed by atoms with Gasteiger partial charge in [0.05, 0.1) is 7.11 Å². The monoisotopic (exact) mass is 467 g/mol. The van der Waals surface area contributed by atoms with Crippen LogP contribution in [0.5, 0.6) is 5.75 Å². The molecule has 0 unspecified atom stereocenters. The van der Waals surface area contributed by atoms with Crippen LogP contribution in [-0.2, 0) is 0 Å². The van der Waals surface area contributed by atoms with Crippen molar-refractivity contribution in [3.05, 3.63) is 83.9 Å². The third-order valence-corrected chi connectivity index (χ3v) is 6.79. The maximum Gasteiger partial charge on any atom is 0.321 e. The topological polar surface area (TPSA) is 70.6 Å². The summed E-state index contributed by atoms with van der Waals surface area (Å²) in [6.07, 6.45) is 5.47. The lowest BCUT2D eigenvalue weighted by Crippen LogP contribution is -2.43. The molecule has 2 saturated heterocycles. The highest BCUT2D eigenvalue weighted by Crippen LogP contribution is 2.35. The van der Waals surface area contributed by atoms with Crippen molar-refractivity contribution in [3.63, 3.8) is 0 Å². The highest BCUT2D eigenvalue weighted by molar-refractivity contribution is 5.89. The summed E-state index contributed by atoms with van der Waals surface area (Å²) in [4.78, 5) is 25.9. The predicted molar refractivity (Wildman–Crippen MR) is 135 cm³/mol. The van der Waals surface area contributed by atoms with Gasteiger partial charge in [0.2, 0.25) is 5.82 Å². The Morgan fingerprint density at radius 3 is 2.51 bits per heavy atom. The second kappa shape index (κ2) is 10.6. The fourth-order valence-corrected chi connectivity index (χ4v) is 4.98. The van der Waals surface area contributed by atoms with E-state index < -0.39 is 0 Å². The van der Waals surface area contributed by atoms with E-state index in [1.807, 2.05) is 29.2 Å². The van der Waals surface area contributed by atoms with Crippen molar-refractivity contribution in [2.24, 2.45) is 0 Å². The largest absolute Gasteiger partial charge is 0.497 e. The molecule has 7 heteroatoms. The van der Waals surface area contributed by atoms with E-state index in [0.29, 0.717) is 17.8 Å². The third-order valence-electron chi connectivity index (χ3n) is 6.79. The van der Waals surface area contributed by atoms with Crippen LogP contribution in [0.3, 0.4) is 0 Å². The zero-order chi connectivity index (χ0) is 24.0. The van der Waals surface area contributed by atoms with Gasteiger partial charge in [-0.05, 0) is 73.3 Å². The van der Waals surface area contributed by atoms with Gasteiger partial charge in [0.25, 0.3) is 0 Å². The summed E-state index contributed by atoms with van der Waals surface area (Å²) in [6.45, 7) is 3.57. The predicted octanol–water partition coefficient (Wildman–Crippen LogP) is 3.98. The zero-order valence-electron chi connectivity index (χ0n) is 19.9. The van der Waals surface area contributed by atoms with Crippen molar-refractivity contribution in [2.45, 2.75) is 24.8 Å². The van der Waals surface area contributed by atoms with Crippen LogP contribution in [0.2, 0.25) is 0 Å². The number of ether oxygens (including phenoxy) is 1. The Kier molecular flexibility index (Phi) is 6.92. The van der Waals surface area contributed by atoms with Crippen molar-refractivity contribution in [2.75, 3.05) is 38.6 Å². The van der Waals surface area contributed by atoms with Crippen molar-refractivity contribution in [1.82, 2.24) is 19.8 Å². The first kappa shape index (κ1) is 22.9. The van der Waals surface area contributed by atoms with Gasteiger partial charge in [-0.1, -0.05) is 18.1 Å². The van der Waals surface area contributed by atoms with Gasteiger partial charge >= 0.3 is 6.03 Å². The summed E-state index contributed by atoms with van der Waals surface area (Å²) in [6, 6.07) is 18.0. The molecule has 0 spiro atoms. The number of anilines is 1. The fourth-order valence-electron chi connectivity index (χ4n) is 4.98. The molecule has 7 nitrogen and oxygen atoms in total. The fraction of sp³-hybridized carbons (Fsp3) is 0.321. The van der Waals surface area contributed by atoms with E-state index in [2.05, 4.69) is 56.3 Å². The van der Waals surface area contributed by atoms with Crippen LogP contribution < -0.4 is 10.1 Å². The van der Waals surface area contributed by atoms with Gasteiger partial charge < -0.3 is 15.0 Å². The molecule has 2 amide bonds. The molecule has 35 heavy (non-hydrogen) atoms. The van der Waals surface area contributed by atoms with Gasteiger partial charge in [0, 0.05) is 55.2 Å². The molecule has 3 aromatic rings. The van der Waals surface area contributed by atoms with Crippen molar-refractivity contribution in [1.29, 1.82) is 0 Å². The van der Waals surface area contributed by atoms with Gasteiger partial charge in [-0.15, -0.1) is 0 Å². The van der Waals surface area contributed by atoms with Crippen LogP contribution in [0.25, 0.3) is 0 Å². The first-order valence-electron chi connectivity index (χ1n) is 12.0. The van der Waals surface area contributed by atoms with E-state index in [1.165, 1.54) is 5.56 Å². The van der Waals surface area contributed by atoms with Gasteiger partial charge in [-0.3, -0.25) is 4.90 Å². The Balaban J connectivity index is 1.26. The van der Waals surface area contributed by atoms with E-state index >= 15 is 0 Å². The van der Waals surface area contributed by atoms with E-state index in [-0.39, 0.29) is 6.03 Å². The number of fused-ring (bicyclic) bond motifs is 1. The van der Waals surface area contributed by atoms with E-state index in [0.717, 1.165) is 56.0 Å². The molecule has 2 aliphatic rings. The van der Waals surface area contributed by atoms with E-state index in [9.17, 15) is 4.79 Å². The number of methoxy groups -OCH3 is 1. The number of hydrogen-bond acceptors (Lipinski definition) is 5. The van der Waals surface area contributed by atoms with Crippen LogP contribution in [-0.4, -0.2) is 65.1 Å². The molecule has 2 atom stereocenters. The van der Waals surface area contributed by atoms with Gasteiger partial charge in [-0.2, -0.15) is 0 Å².